The molecule has 24 heavy (non-hydrogen) atoms. The Balaban J connectivity index is 1.97. The van der Waals surface area contributed by atoms with Crippen LogP contribution >= 0.6 is 11.6 Å². The average molecular weight is 330 g/mol. The first-order valence-corrected chi connectivity index (χ1v) is 8.29. The van der Waals surface area contributed by atoms with Gasteiger partial charge in [0, 0.05) is 22.5 Å². The van der Waals surface area contributed by atoms with Gasteiger partial charge in [0.25, 0.3) is 0 Å². The van der Waals surface area contributed by atoms with Crippen LogP contribution in [0.3, 0.4) is 0 Å². The maximum absolute atomic E-state index is 6.21. The first kappa shape index (κ1) is 14.8. The smallest absolute Gasteiger partial charge is 0.0606 e. The third-order valence-electron chi connectivity index (χ3n) is 4.10. The number of halogens is 1. The zero-order valence-corrected chi connectivity index (χ0v) is 13.8. The Morgan fingerprint density at radius 3 is 2.00 bits per heavy atom. The number of aromatic nitrogens is 1. The third-order valence-corrected chi connectivity index (χ3v) is 4.34. The number of rotatable bonds is 3. The van der Waals surface area contributed by atoms with E-state index in [0.717, 1.165) is 16.3 Å². The molecule has 1 heterocycles. The fourth-order valence-corrected chi connectivity index (χ4v) is 3.21. The summed E-state index contributed by atoms with van der Waals surface area (Å²) in [5.74, 6) is 0. The van der Waals surface area contributed by atoms with Gasteiger partial charge < -0.3 is 4.57 Å². The molecule has 1 aromatic heterocycles. The molecular formula is C22H16ClN. The van der Waals surface area contributed by atoms with E-state index in [1.54, 1.807) is 0 Å². The van der Waals surface area contributed by atoms with Crippen LogP contribution in [-0.2, 0) is 0 Å². The lowest BCUT2D eigenvalue weighted by Gasteiger charge is -2.12. The molecular weight excluding hydrogens is 314 g/mol. The molecule has 0 saturated carbocycles. The lowest BCUT2D eigenvalue weighted by atomic mass is 10.0. The van der Waals surface area contributed by atoms with E-state index in [9.17, 15) is 0 Å². The van der Waals surface area contributed by atoms with E-state index in [1.165, 1.54) is 16.8 Å². The summed E-state index contributed by atoms with van der Waals surface area (Å²) >= 11 is 6.21. The van der Waals surface area contributed by atoms with Crippen molar-refractivity contribution in [1.29, 1.82) is 0 Å². The average Bonchev–Trinajstić information content (AvgIpc) is 3.08. The van der Waals surface area contributed by atoms with Crippen LogP contribution in [0.5, 0.6) is 0 Å². The molecule has 0 aliphatic heterocycles. The van der Waals surface area contributed by atoms with E-state index in [4.69, 9.17) is 11.6 Å². The molecule has 0 aliphatic carbocycles. The number of nitrogens with zero attached hydrogens (tertiary/aromatic N) is 1. The zero-order valence-electron chi connectivity index (χ0n) is 13.1. The molecule has 0 fully saturated rings. The van der Waals surface area contributed by atoms with Crippen LogP contribution in [0.1, 0.15) is 0 Å². The van der Waals surface area contributed by atoms with E-state index >= 15 is 0 Å². The van der Waals surface area contributed by atoms with E-state index < -0.39 is 0 Å². The van der Waals surface area contributed by atoms with Crippen LogP contribution in [0.2, 0.25) is 5.02 Å². The predicted octanol–water partition coefficient (Wildman–Crippen LogP) is 6.46. The van der Waals surface area contributed by atoms with Crippen molar-refractivity contribution in [3.05, 3.63) is 102 Å². The Hall–Kier alpha value is -2.77. The summed E-state index contributed by atoms with van der Waals surface area (Å²) in [6.45, 7) is 0. The monoisotopic (exact) mass is 329 g/mol. The first-order valence-electron chi connectivity index (χ1n) is 7.91. The summed E-state index contributed by atoms with van der Waals surface area (Å²) in [4.78, 5) is 0. The van der Waals surface area contributed by atoms with Crippen LogP contribution in [-0.4, -0.2) is 4.57 Å². The molecule has 0 saturated heterocycles. The minimum Gasteiger partial charge on any atom is -0.316 e. The van der Waals surface area contributed by atoms with Crippen molar-refractivity contribution < 1.29 is 0 Å². The zero-order chi connectivity index (χ0) is 16.4. The molecule has 4 aromatic rings. The highest BCUT2D eigenvalue weighted by Gasteiger charge is 2.14. The van der Waals surface area contributed by atoms with Gasteiger partial charge in [-0.3, -0.25) is 0 Å². The number of para-hydroxylation sites is 1. The molecule has 0 radical (unpaired) electrons. The number of hydrogen-bond acceptors (Lipinski definition) is 0. The van der Waals surface area contributed by atoms with Crippen molar-refractivity contribution in [3.63, 3.8) is 0 Å². The van der Waals surface area contributed by atoms with Gasteiger partial charge in [0.2, 0.25) is 0 Å². The Morgan fingerprint density at radius 1 is 0.625 bits per heavy atom. The standard InChI is InChI=1S/C22H16ClN/c23-19-11-7-10-18(16-19)21-14-15-24(20-12-5-2-6-13-20)22(21)17-8-3-1-4-9-17/h1-16H. The minimum absolute atomic E-state index is 0.749. The fraction of sp³-hybridized carbons (Fsp3) is 0. The molecule has 116 valence electrons. The molecule has 3 aromatic carbocycles. The van der Waals surface area contributed by atoms with Crippen molar-refractivity contribution in [2.75, 3.05) is 0 Å². The molecule has 2 heteroatoms. The largest absolute Gasteiger partial charge is 0.316 e. The van der Waals surface area contributed by atoms with E-state index in [1.807, 2.05) is 30.3 Å². The number of benzene rings is 3. The second-order valence-corrected chi connectivity index (χ2v) is 6.10. The van der Waals surface area contributed by atoms with Crippen molar-refractivity contribution in [2.45, 2.75) is 0 Å². The van der Waals surface area contributed by atoms with E-state index in [2.05, 4.69) is 71.4 Å². The Bertz CT molecular complexity index is 956. The quantitative estimate of drug-likeness (QED) is 0.406. The maximum atomic E-state index is 6.21. The SMILES string of the molecule is Clc1cccc(-c2ccn(-c3ccccc3)c2-c2ccccc2)c1. The number of hydrogen-bond donors (Lipinski definition) is 0. The Kier molecular flexibility index (Phi) is 3.94. The van der Waals surface area contributed by atoms with Crippen LogP contribution < -0.4 is 0 Å². The van der Waals surface area contributed by atoms with Crippen molar-refractivity contribution in [1.82, 2.24) is 4.57 Å². The topological polar surface area (TPSA) is 4.93 Å². The van der Waals surface area contributed by atoms with Gasteiger partial charge in [-0.2, -0.15) is 0 Å². The second-order valence-electron chi connectivity index (χ2n) is 5.66. The normalized spacial score (nSPS) is 10.7. The summed E-state index contributed by atoms with van der Waals surface area (Å²) in [5.41, 5.74) is 5.79. The van der Waals surface area contributed by atoms with Gasteiger partial charge in [-0.1, -0.05) is 72.3 Å². The van der Waals surface area contributed by atoms with Gasteiger partial charge in [-0.25, -0.2) is 0 Å². The van der Waals surface area contributed by atoms with Gasteiger partial charge in [-0.15, -0.1) is 0 Å². The fourth-order valence-electron chi connectivity index (χ4n) is 3.02. The molecule has 0 N–H and O–H groups in total. The van der Waals surface area contributed by atoms with Gasteiger partial charge in [0.05, 0.1) is 5.69 Å². The maximum Gasteiger partial charge on any atom is 0.0606 e. The predicted molar refractivity (Wildman–Crippen MR) is 102 cm³/mol. The highest BCUT2D eigenvalue weighted by molar-refractivity contribution is 6.30. The molecule has 4 rings (SSSR count). The molecule has 0 amide bonds. The van der Waals surface area contributed by atoms with Crippen LogP contribution in [0.25, 0.3) is 28.1 Å². The minimum atomic E-state index is 0.749. The van der Waals surface area contributed by atoms with Gasteiger partial charge in [-0.05, 0) is 41.5 Å². The third kappa shape index (κ3) is 2.75. The molecule has 0 aliphatic rings. The highest BCUT2D eigenvalue weighted by Crippen LogP contribution is 2.35. The summed E-state index contributed by atoms with van der Waals surface area (Å²) < 4.78 is 2.23. The van der Waals surface area contributed by atoms with Crippen molar-refractivity contribution in [2.24, 2.45) is 0 Å². The molecule has 0 bridgehead atoms. The van der Waals surface area contributed by atoms with E-state index in [-0.39, 0.29) is 0 Å². The molecule has 0 atom stereocenters. The Labute approximate surface area is 146 Å². The highest BCUT2D eigenvalue weighted by atomic mass is 35.5. The van der Waals surface area contributed by atoms with Gasteiger partial charge in [0.15, 0.2) is 0 Å². The summed E-state index contributed by atoms with van der Waals surface area (Å²) in [6.07, 6.45) is 2.12. The lowest BCUT2D eigenvalue weighted by Crippen LogP contribution is -1.95. The van der Waals surface area contributed by atoms with Crippen LogP contribution in [0.15, 0.2) is 97.2 Å². The summed E-state index contributed by atoms with van der Waals surface area (Å²) in [7, 11) is 0. The second kappa shape index (κ2) is 6.38. The first-order chi connectivity index (χ1) is 11.8. The van der Waals surface area contributed by atoms with Gasteiger partial charge in [0.1, 0.15) is 0 Å². The van der Waals surface area contributed by atoms with Crippen molar-refractivity contribution >= 4 is 11.6 Å². The van der Waals surface area contributed by atoms with Crippen LogP contribution in [0, 0.1) is 0 Å². The summed E-state index contributed by atoms with van der Waals surface area (Å²) in [6, 6.07) is 31.0. The Morgan fingerprint density at radius 2 is 1.29 bits per heavy atom. The molecule has 1 nitrogen and oxygen atoms in total. The van der Waals surface area contributed by atoms with Crippen LogP contribution in [0.4, 0.5) is 0 Å². The summed E-state index contributed by atoms with van der Waals surface area (Å²) in [5, 5.41) is 0.749. The molecule has 0 spiro atoms. The van der Waals surface area contributed by atoms with Gasteiger partial charge >= 0.3 is 0 Å². The van der Waals surface area contributed by atoms with Crippen molar-refractivity contribution in [3.8, 4) is 28.1 Å². The molecule has 0 unspecified atom stereocenters. The lowest BCUT2D eigenvalue weighted by molar-refractivity contribution is 1.09. The van der Waals surface area contributed by atoms with E-state index in [0.29, 0.717) is 0 Å².